The molecule has 1 nitrogen and oxygen atoms in total. The molecule has 1 saturated heterocycles. The van der Waals surface area contributed by atoms with Gasteiger partial charge in [0.25, 0.3) is 0 Å². The van der Waals surface area contributed by atoms with Gasteiger partial charge >= 0.3 is 0 Å². The lowest BCUT2D eigenvalue weighted by molar-refractivity contribution is 0.214. The van der Waals surface area contributed by atoms with Crippen LogP contribution in [0.4, 0.5) is 0 Å². The Balaban J connectivity index is 2.03. The van der Waals surface area contributed by atoms with Gasteiger partial charge in [-0.15, -0.1) is 0 Å². The lowest BCUT2D eigenvalue weighted by atomic mass is 10.0. The molecule has 1 atom stereocenters. The maximum absolute atomic E-state index is 3.50. The van der Waals surface area contributed by atoms with Crippen LogP contribution in [0, 0.1) is 5.92 Å². The lowest BCUT2D eigenvalue weighted by Gasteiger charge is -2.27. The highest BCUT2D eigenvalue weighted by atomic mass is 79.9. The van der Waals surface area contributed by atoms with Crippen molar-refractivity contribution in [3.63, 3.8) is 0 Å². The van der Waals surface area contributed by atoms with Crippen LogP contribution in [0.1, 0.15) is 39.0 Å². The molecule has 0 aromatic rings. The van der Waals surface area contributed by atoms with Crippen molar-refractivity contribution in [1.82, 2.24) is 4.90 Å². The van der Waals surface area contributed by atoms with Gasteiger partial charge in [-0.05, 0) is 51.2 Å². The first kappa shape index (κ1) is 11.5. The van der Waals surface area contributed by atoms with Crippen LogP contribution in [0.25, 0.3) is 0 Å². The predicted octanol–water partition coefficient (Wildman–Crippen LogP) is 3.28. The van der Waals surface area contributed by atoms with E-state index in [9.17, 15) is 0 Å². The molecule has 2 heteroatoms. The monoisotopic (exact) mass is 247 g/mol. The minimum Gasteiger partial charge on any atom is -0.303 e. The zero-order chi connectivity index (χ0) is 9.52. The predicted molar refractivity (Wildman–Crippen MR) is 62.5 cm³/mol. The molecule has 78 valence electrons. The Kier molecular flexibility index (Phi) is 6.05. The summed E-state index contributed by atoms with van der Waals surface area (Å²) in [5.41, 5.74) is 0. The van der Waals surface area contributed by atoms with E-state index in [1.54, 1.807) is 0 Å². The number of rotatable bonds is 5. The average molecular weight is 248 g/mol. The summed E-state index contributed by atoms with van der Waals surface area (Å²) in [5, 5.41) is 1.16. The van der Waals surface area contributed by atoms with Crippen molar-refractivity contribution in [2.45, 2.75) is 39.0 Å². The van der Waals surface area contributed by atoms with E-state index in [0.29, 0.717) is 0 Å². The molecule has 1 aliphatic heterocycles. The van der Waals surface area contributed by atoms with Crippen LogP contribution in [-0.2, 0) is 0 Å². The Labute approximate surface area is 91.0 Å². The molecule has 1 heterocycles. The third-order valence-electron chi connectivity index (χ3n) is 2.99. The maximum Gasteiger partial charge on any atom is 0.00338 e. The van der Waals surface area contributed by atoms with Crippen molar-refractivity contribution in [2.24, 2.45) is 5.92 Å². The van der Waals surface area contributed by atoms with Gasteiger partial charge in [0, 0.05) is 5.33 Å². The van der Waals surface area contributed by atoms with Crippen molar-refractivity contribution in [3.05, 3.63) is 0 Å². The van der Waals surface area contributed by atoms with Crippen LogP contribution < -0.4 is 0 Å². The normalized spacial score (nSPS) is 21.7. The van der Waals surface area contributed by atoms with Crippen molar-refractivity contribution in [1.29, 1.82) is 0 Å². The van der Waals surface area contributed by atoms with Gasteiger partial charge < -0.3 is 4.90 Å². The van der Waals surface area contributed by atoms with Crippen LogP contribution >= 0.6 is 15.9 Å². The Morgan fingerprint density at radius 2 is 1.85 bits per heavy atom. The summed E-state index contributed by atoms with van der Waals surface area (Å²) in [5.74, 6) is 0.890. The van der Waals surface area contributed by atoms with Gasteiger partial charge in [0.05, 0.1) is 0 Å². The quantitative estimate of drug-likeness (QED) is 0.675. The molecule has 1 aliphatic rings. The molecule has 0 radical (unpaired) electrons. The molecule has 0 saturated carbocycles. The fourth-order valence-corrected chi connectivity index (χ4v) is 2.70. The Bertz CT molecular complexity index is 121. The minimum atomic E-state index is 0.890. The molecule has 0 N–H and O–H groups in total. The van der Waals surface area contributed by atoms with E-state index >= 15 is 0 Å². The topological polar surface area (TPSA) is 3.24 Å². The van der Waals surface area contributed by atoms with Crippen LogP contribution in [0.2, 0.25) is 0 Å². The van der Waals surface area contributed by atoms with E-state index in [2.05, 4.69) is 27.8 Å². The first-order valence-electron chi connectivity index (χ1n) is 5.61. The molecule has 1 rings (SSSR count). The second-order valence-electron chi connectivity index (χ2n) is 4.27. The van der Waals surface area contributed by atoms with E-state index < -0.39 is 0 Å². The van der Waals surface area contributed by atoms with Crippen molar-refractivity contribution >= 4 is 15.9 Å². The molecule has 0 aromatic carbocycles. The highest BCUT2D eigenvalue weighted by Crippen LogP contribution is 2.13. The van der Waals surface area contributed by atoms with Gasteiger partial charge in [-0.2, -0.15) is 0 Å². The van der Waals surface area contributed by atoms with E-state index in [1.807, 2.05) is 0 Å². The fourth-order valence-electron chi connectivity index (χ4n) is 1.92. The summed E-state index contributed by atoms with van der Waals surface area (Å²) in [6, 6.07) is 0. The second kappa shape index (κ2) is 6.83. The van der Waals surface area contributed by atoms with Crippen LogP contribution in [-0.4, -0.2) is 29.9 Å². The van der Waals surface area contributed by atoms with Gasteiger partial charge in [0.1, 0.15) is 0 Å². The van der Waals surface area contributed by atoms with Gasteiger partial charge in [-0.25, -0.2) is 0 Å². The van der Waals surface area contributed by atoms with Crippen LogP contribution in [0.5, 0.6) is 0 Å². The smallest absolute Gasteiger partial charge is 0.00338 e. The summed E-state index contributed by atoms with van der Waals surface area (Å²) >= 11 is 3.50. The Morgan fingerprint density at radius 3 is 2.46 bits per heavy atom. The Morgan fingerprint density at radius 1 is 1.15 bits per heavy atom. The van der Waals surface area contributed by atoms with Gasteiger partial charge in [0.15, 0.2) is 0 Å². The molecule has 1 fully saturated rings. The SMILES string of the molecule is CC(CCBr)CCN1CCCCC1. The first-order valence-corrected chi connectivity index (χ1v) is 6.73. The fraction of sp³-hybridized carbons (Fsp3) is 1.00. The zero-order valence-electron chi connectivity index (χ0n) is 8.77. The van der Waals surface area contributed by atoms with Crippen molar-refractivity contribution in [3.8, 4) is 0 Å². The van der Waals surface area contributed by atoms with E-state index in [-0.39, 0.29) is 0 Å². The molecular weight excluding hydrogens is 226 g/mol. The van der Waals surface area contributed by atoms with Gasteiger partial charge in [0.2, 0.25) is 0 Å². The van der Waals surface area contributed by atoms with Crippen LogP contribution in [0.3, 0.4) is 0 Å². The molecule has 0 aromatic heterocycles. The van der Waals surface area contributed by atoms with E-state index in [1.165, 1.54) is 51.7 Å². The number of hydrogen-bond acceptors (Lipinski definition) is 1. The standard InChI is InChI=1S/C11H22BrN/c1-11(5-7-12)6-10-13-8-3-2-4-9-13/h11H,2-10H2,1H3. The molecule has 0 amide bonds. The van der Waals surface area contributed by atoms with E-state index in [4.69, 9.17) is 0 Å². The van der Waals surface area contributed by atoms with Crippen molar-refractivity contribution < 1.29 is 0 Å². The maximum atomic E-state index is 3.50. The third-order valence-corrected chi connectivity index (χ3v) is 3.45. The summed E-state index contributed by atoms with van der Waals surface area (Å²) in [7, 11) is 0. The summed E-state index contributed by atoms with van der Waals surface area (Å²) in [6.07, 6.45) is 7.01. The highest BCUT2D eigenvalue weighted by Gasteiger charge is 2.10. The number of alkyl halides is 1. The molecule has 13 heavy (non-hydrogen) atoms. The molecule has 1 unspecified atom stereocenters. The van der Waals surface area contributed by atoms with Gasteiger partial charge in [-0.3, -0.25) is 0 Å². The minimum absolute atomic E-state index is 0.890. The number of nitrogens with zero attached hydrogens (tertiary/aromatic N) is 1. The summed E-state index contributed by atoms with van der Waals surface area (Å²) < 4.78 is 0. The van der Waals surface area contributed by atoms with E-state index in [0.717, 1.165) is 11.2 Å². The summed E-state index contributed by atoms with van der Waals surface area (Å²) in [4.78, 5) is 2.63. The highest BCUT2D eigenvalue weighted by molar-refractivity contribution is 9.09. The Hall–Kier alpha value is 0.440. The molecule has 0 bridgehead atoms. The third kappa shape index (κ3) is 5.02. The number of piperidine rings is 1. The number of likely N-dealkylation sites (tertiary alicyclic amines) is 1. The number of halogens is 1. The zero-order valence-corrected chi connectivity index (χ0v) is 10.4. The van der Waals surface area contributed by atoms with Crippen molar-refractivity contribution in [2.75, 3.05) is 25.0 Å². The molecule has 0 aliphatic carbocycles. The number of hydrogen-bond donors (Lipinski definition) is 0. The average Bonchev–Trinajstić information content (AvgIpc) is 2.17. The lowest BCUT2D eigenvalue weighted by Crippen LogP contribution is -2.31. The summed E-state index contributed by atoms with van der Waals surface area (Å²) in [6.45, 7) is 6.39. The molecular formula is C11H22BrN. The largest absolute Gasteiger partial charge is 0.303 e. The second-order valence-corrected chi connectivity index (χ2v) is 5.07. The molecule has 0 spiro atoms. The van der Waals surface area contributed by atoms with Gasteiger partial charge in [-0.1, -0.05) is 29.3 Å². The van der Waals surface area contributed by atoms with Crippen LogP contribution in [0.15, 0.2) is 0 Å². The first-order chi connectivity index (χ1) is 6.33.